The highest BCUT2D eigenvalue weighted by Crippen LogP contribution is 2.32. The number of benzene rings is 1. The molecule has 1 saturated carbocycles. The minimum absolute atomic E-state index is 0.188. The third-order valence-corrected chi connectivity index (χ3v) is 4.21. The van der Waals surface area contributed by atoms with Crippen molar-refractivity contribution >= 4 is 23.4 Å². The molecule has 23 heavy (non-hydrogen) atoms. The monoisotopic (exact) mass is 334 g/mol. The maximum absolute atomic E-state index is 9.26. The van der Waals surface area contributed by atoms with E-state index in [9.17, 15) is 5.11 Å². The lowest BCUT2D eigenvalue weighted by atomic mass is 10.1. The van der Waals surface area contributed by atoms with Gasteiger partial charge in [-0.05, 0) is 49.4 Å². The molecule has 3 rings (SSSR count). The lowest BCUT2D eigenvalue weighted by Crippen LogP contribution is -2.18. The largest absolute Gasteiger partial charge is 0.452 e. The number of ether oxygens (including phenoxy) is 1. The second-order valence-electron chi connectivity index (χ2n) is 5.70. The van der Waals surface area contributed by atoms with Crippen LogP contribution in [-0.2, 0) is 0 Å². The van der Waals surface area contributed by atoms with Crippen LogP contribution in [-0.4, -0.2) is 27.7 Å². The fourth-order valence-corrected chi connectivity index (χ4v) is 2.88. The Morgan fingerprint density at radius 3 is 2.78 bits per heavy atom. The predicted octanol–water partition coefficient (Wildman–Crippen LogP) is 3.08. The number of rotatable bonds is 5. The summed E-state index contributed by atoms with van der Waals surface area (Å²) in [7, 11) is 0. The summed E-state index contributed by atoms with van der Waals surface area (Å²) in [6.45, 7) is 0.220. The average molecular weight is 335 g/mol. The van der Waals surface area contributed by atoms with Crippen molar-refractivity contribution in [2.45, 2.75) is 25.3 Å². The summed E-state index contributed by atoms with van der Waals surface area (Å²) in [6, 6.07) is 7.31. The average Bonchev–Trinajstić information content (AvgIpc) is 3.00. The Morgan fingerprint density at radius 1 is 1.30 bits per heavy atom. The number of nitrogens with two attached hydrogens (primary N) is 1. The highest BCUT2D eigenvalue weighted by Gasteiger charge is 2.25. The van der Waals surface area contributed by atoms with Gasteiger partial charge in [-0.3, -0.25) is 0 Å². The number of aliphatic hydroxyl groups excluding tert-OH is 1. The molecule has 1 aromatic carbocycles. The lowest BCUT2D eigenvalue weighted by molar-refractivity contribution is 0.229. The molecule has 2 unspecified atom stereocenters. The first-order valence-electron chi connectivity index (χ1n) is 7.57. The second-order valence-corrected chi connectivity index (χ2v) is 6.14. The van der Waals surface area contributed by atoms with Crippen LogP contribution in [0.5, 0.6) is 11.5 Å². The van der Waals surface area contributed by atoms with Crippen LogP contribution in [0.4, 0.5) is 11.8 Å². The Hall–Kier alpha value is -2.05. The van der Waals surface area contributed by atoms with Gasteiger partial charge >= 0.3 is 0 Å². The molecule has 0 aliphatic heterocycles. The van der Waals surface area contributed by atoms with Crippen LogP contribution < -0.4 is 15.8 Å². The first kappa shape index (κ1) is 15.8. The molecular weight excluding hydrogens is 316 g/mol. The quantitative estimate of drug-likeness (QED) is 0.778. The summed E-state index contributed by atoms with van der Waals surface area (Å²) in [6.07, 6.45) is 4.44. The lowest BCUT2D eigenvalue weighted by Gasteiger charge is -2.16. The molecule has 7 heteroatoms. The summed E-state index contributed by atoms with van der Waals surface area (Å²) in [5.41, 5.74) is 5.69. The molecule has 1 heterocycles. The van der Waals surface area contributed by atoms with Gasteiger partial charge in [-0.2, -0.15) is 4.98 Å². The fourth-order valence-electron chi connectivity index (χ4n) is 2.76. The smallest absolute Gasteiger partial charge is 0.222 e. The molecule has 122 valence electrons. The normalized spacial score (nSPS) is 20.4. The molecule has 2 atom stereocenters. The third kappa shape index (κ3) is 4.03. The molecular formula is C16H19ClN4O2. The van der Waals surface area contributed by atoms with Gasteiger partial charge in [-0.15, -0.1) is 0 Å². The number of halogens is 1. The van der Waals surface area contributed by atoms with Crippen molar-refractivity contribution in [1.82, 2.24) is 9.97 Å². The summed E-state index contributed by atoms with van der Waals surface area (Å²) < 4.78 is 5.83. The van der Waals surface area contributed by atoms with E-state index in [4.69, 9.17) is 22.1 Å². The van der Waals surface area contributed by atoms with Crippen LogP contribution in [0.1, 0.15) is 19.3 Å². The minimum atomic E-state index is 0.188. The molecule has 0 amide bonds. The Bertz CT molecular complexity index is 666. The van der Waals surface area contributed by atoms with Gasteiger partial charge in [0, 0.05) is 17.7 Å². The standard InChI is InChI=1S/C16H19ClN4O2/c17-11-2-5-13(6-3-11)23-14-8-19-16(18)21-15(14)20-12-4-1-10(7-12)9-22/h2-3,5-6,8,10,12,22H,1,4,7,9H2,(H3,18,19,20,21). The van der Waals surface area contributed by atoms with Gasteiger partial charge in [-0.25, -0.2) is 4.98 Å². The fraction of sp³-hybridized carbons (Fsp3) is 0.375. The number of anilines is 2. The second kappa shape index (κ2) is 7.02. The number of hydrogen-bond acceptors (Lipinski definition) is 6. The predicted molar refractivity (Wildman–Crippen MR) is 89.8 cm³/mol. The van der Waals surface area contributed by atoms with Crippen LogP contribution in [0.25, 0.3) is 0 Å². The Morgan fingerprint density at radius 2 is 2.09 bits per heavy atom. The van der Waals surface area contributed by atoms with E-state index in [-0.39, 0.29) is 18.6 Å². The van der Waals surface area contributed by atoms with Crippen molar-refractivity contribution in [3.63, 3.8) is 0 Å². The zero-order chi connectivity index (χ0) is 16.2. The van der Waals surface area contributed by atoms with Gasteiger partial charge < -0.3 is 20.9 Å². The van der Waals surface area contributed by atoms with E-state index in [1.54, 1.807) is 30.5 Å². The number of hydrogen-bond donors (Lipinski definition) is 3. The number of nitrogen functional groups attached to an aromatic ring is 1. The summed E-state index contributed by atoms with van der Waals surface area (Å²) >= 11 is 5.88. The van der Waals surface area contributed by atoms with Crippen molar-refractivity contribution in [3.8, 4) is 11.5 Å². The number of nitrogens with zero attached hydrogens (tertiary/aromatic N) is 2. The summed E-state index contributed by atoms with van der Waals surface area (Å²) in [5.74, 6) is 2.25. The molecule has 1 aliphatic rings. The van der Waals surface area contributed by atoms with E-state index in [0.29, 0.717) is 28.3 Å². The topological polar surface area (TPSA) is 93.3 Å². The molecule has 1 aromatic heterocycles. The Balaban J connectivity index is 1.76. The zero-order valence-electron chi connectivity index (χ0n) is 12.6. The number of nitrogens with one attached hydrogen (secondary N) is 1. The zero-order valence-corrected chi connectivity index (χ0v) is 13.3. The maximum Gasteiger partial charge on any atom is 0.222 e. The van der Waals surface area contributed by atoms with E-state index >= 15 is 0 Å². The van der Waals surface area contributed by atoms with Gasteiger partial charge in [0.2, 0.25) is 5.95 Å². The van der Waals surface area contributed by atoms with Crippen molar-refractivity contribution < 1.29 is 9.84 Å². The summed E-state index contributed by atoms with van der Waals surface area (Å²) in [5, 5.41) is 13.3. The van der Waals surface area contributed by atoms with E-state index in [2.05, 4.69) is 15.3 Å². The molecule has 0 radical (unpaired) electrons. The molecule has 0 bridgehead atoms. The number of aliphatic hydroxyl groups is 1. The SMILES string of the molecule is Nc1ncc(Oc2ccc(Cl)cc2)c(NC2CCC(CO)C2)n1. The molecule has 6 nitrogen and oxygen atoms in total. The maximum atomic E-state index is 9.26. The minimum Gasteiger partial charge on any atom is -0.452 e. The van der Waals surface area contributed by atoms with Crippen LogP contribution in [0.3, 0.4) is 0 Å². The molecule has 0 saturated heterocycles. The van der Waals surface area contributed by atoms with Crippen molar-refractivity contribution in [2.75, 3.05) is 17.7 Å². The Labute approximate surface area is 139 Å². The van der Waals surface area contributed by atoms with Gasteiger partial charge in [-0.1, -0.05) is 11.6 Å². The van der Waals surface area contributed by atoms with Crippen LogP contribution in [0.2, 0.25) is 5.02 Å². The van der Waals surface area contributed by atoms with Crippen LogP contribution in [0, 0.1) is 5.92 Å². The third-order valence-electron chi connectivity index (χ3n) is 3.96. The van der Waals surface area contributed by atoms with Gasteiger partial charge in [0.05, 0.1) is 6.20 Å². The molecule has 1 aliphatic carbocycles. The van der Waals surface area contributed by atoms with Gasteiger partial charge in [0.25, 0.3) is 0 Å². The molecule has 2 aromatic rings. The summed E-state index contributed by atoms with van der Waals surface area (Å²) in [4.78, 5) is 8.24. The first-order chi connectivity index (χ1) is 11.1. The molecule has 0 spiro atoms. The first-order valence-corrected chi connectivity index (χ1v) is 7.95. The number of aromatic nitrogens is 2. The van der Waals surface area contributed by atoms with E-state index in [1.165, 1.54) is 0 Å². The highest BCUT2D eigenvalue weighted by molar-refractivity contribution is 6.30. The van der Waals surface area contributed by atoms with E-state index in [0.717, 1.165) is 19.3 Å². The van der Waals surface area contributed by atoms with Gasteiger partial charge in [0.15, 0.2) is 11.6 Å². The van der Waals surface area contributed by atoms with Crippen LogP contribution >= 0.6 is 11.6 Å². The van der Waals surface area contributed by atoms with E-state index < -0.39 is 0 Å². The molecule has 1 fully saturated rings. The van der Waals surface area contributed by atoms with E-state index in [1.807, 2.05) is 0 Å². The van der Waals surface area contributed by atoms with Crippen molar-refractivity contribution in [2.24, 2.45) is 5.92 Å². The highest BCUT2D eigenvalue weighted by atomic mass is 35.5. The van der Waals surface area contributed by atoms with Crippen molar-refractivity contribution in [3.05, 3.63) is 35.5 Å². The molecule has 4 N–H and O–H groups in total. The Kier molecular flexibility index (Phi) is 4.83. The van der Waals surface area contributed by atoms with Gasteiger partial charge in [0.1, 0.15) is 5.75 Å². The van der Waals surface area contributed by atoms with Crippen molar-refractivity contribution in [1.29, 1.82) is 0 Å². The van der Waals surface area contributed by atoms with Crippen LogP contribution in [0.15, 0.2) is 30.5 Å².